The first kappa shape index (κ1) is 27.3. The van der Waals surface area contributed by atoms with Gasteiger partial charge < -0.3 is 5.11 Å². The number of aryl methyl sites for hydroxylation is 1. The number of hydrogen-bond acceptors (Lipinski definition) is 5. The van der Waals surface area contributed by atoms with Gasteiger partial charge in [-0.15, -0.1) is 0 Å². The molecule has 2 aliphatic heterocycles. The summed E-state index contributed by atoms with van der Waals surface area (Å²) >= 11 is -2.06. The fraction of sp³-hybridized carbons (Fsp3) is 0.536. The number of fused-ring (bicyclic) bond motifs is 6. The minimum atomic E-state index is -2.06. The Morgan fingerprint density at radius 3 is 2.66 bits per heavy atom. The Balaban J connectivity index is 0.000000937. The van der Waals surface area contributed by atoms with Gasteiger partial charge in [0.05, 0.1) is 0 Å². The van der Waals surface area contributed by atoms with E-state index in [9.17, 15) is 24.5 Å². The average Bonchev–Trinajstić information content (AvgIpc) is 3.37. The molecule has 2 aromatic rings. The van der Waals surface area contributed by atoms with Crippen LogP contribution < -0.4 is 0 Å². The van der Waals surface area contributed by atoms with Gasteiger partial charge in [-0.05, 0) is 0 Å². The number of halogens is 2. The van der Waals surface area contributed by atoms with Crippen molar-refractivity contribution < 1.29 is 34.4 Å². The maximum absolute atomic E-state index is 13.8. The molecule has 0 spiro atoms. The number of allylic oxidation sites excluding steroid dienone is 1. The van der Waals surface area contributed by atoms with Crippen LogP contribution in [0.15, 0.2) is 30.0 Å². The van der Waals surface area contributed by atoms with E-state index in [0.29, 0.717) is 22.3 Å². The Kier molecular flexibility index (Phi) is 6.75. The molecule has 6 unspecified atom stereocenters. The Bertz CT molecular complexity index is 1330. The van der Waals surface area contributed by atoms with E-state index in [4.69, 9.17) is 9.90 Å². The second-order valence-electron chi connectivity index (χ2n) is 11.3. The second-order valence-corrected chi connectivity index (χ2v) is 18.7. The van der Waals surface area contributed by atoms with E-state index in [2.05, 4.69) is 18.1 Å². The van der Waals surface area contributed by atoms with Crippen molar-refractivity contribution in [3.05, 3.63) is 52.6 Å². The van der Waals surface area contributed by atoms with E-state index >= 15 is 0 Å². The van der Waals surface area contributed by atoms with Gasteiger partial charge in [-0.25, -0.2) is 0 Å². The number of alkyl halides is 3. The molecule has 1 aromatic heterocycles. The first-order chi connectivity index (χ1) is 17.9. The summed E-state index contributed by atoms with van der Waals surface area (Å²) in [5.74, 6) is -1.24. The number of nitrogens with zero attached hydrogens (tertiary/aromatic N) is 2. The van der Waals surface area contributed by atoms with Gasteiger partial charge in [0.2, 0.25) is 0 Å². The van der Waals surface area contributed by atoms with Crippen LogP contribution >= 0.6 is 19.8 Å². The number of aliphatic hydroxyl groups is 2. The van der Waals surface area contributed by atoms with Crippen LogP contribution in [0.2, 0.25) is 0 Å². The molecule has 2 aliphatic carbocycles. The maximum atomic E-state index is 13.8. The molecule has 10 heteroatoms. The number of carboxylic acid groups (broad SMARTS) is 2. The van der Waals surface area contributed by atoms with Crippen LogP contribution in [-0.4, -0.2) is 59.7 Å². The Labute approximate surface area is 227 Å². The van der Waals surface area contributed by atoms with Gasteiger partial charge in [0, 0.05) is 0 Å². The molecule has 0 amide bonds. The molecular weight excluding hydrogens is 606 g/mol. The zero-order valence-corrected chi connectivity index (χ0v) is 23.9. The standard InChI is InChI=1S/C27H32FIN2O4.CH2O2/c1-15-10-18(5-6-20(15)28)31-22-11-17-4-7-21-19-8-9-27(35,24(33)34)25(19,2)13-23(32)29(21)26(17,3)12-16(22)14-30-31;2-1-3/h5-6,10-11,14,19,21,23,32,35H,4,7-9,12-13H2,1-3H3,(H,33,34);1H,(H,2,3). The fourth-order valence-electron chi connectivity index (χ4n) is 7.49. The molecule has 0 bridgehead atoms. The molecule has 4 aliphatic rings. The van der Waals surface area contributed by atoms with E-state index < -0.39 is 40.9 Å². The molecule has 38 heavy (non-hydrogen) atoms. The summed E-state index contributed by atoms with van der Waals surface area (Å²) < 4.78 is 15.4. The van der Waals surface area contributed by atoms with Crippen LogP contribution in [0.4, 0.5) is 4.39 Å². The summed E-state index contributed by atoms with van der Waals surface area (Å²) in [7, 11) is 0. The van der Waals surface area contributed by atoms with Crippen LogP contribution in [0.25, 0.3) is 11.8 Å². The molecule has 3 heterocycles. The van der Waals surface area contributed by atoms with Gasteiger partial charge in [0.25, 0.3) is 6.47 Å². The number of benzene rings is 1. The number of aliphatic carboxylic acids is 1. The summed E-state index contributed by atoms with van der Waals surface area (Å²) in [6.07, 6.45) is 8.18. The van der Waals surface area contributed by atoms with Gasteiger partial charge in [0.15, 0.2) is 0 Å². The van der Waals surface area contributed by atoms with Crippen molar-refractivity contribution in [1.82, 2.24) is 9.78 Å². The minimum Gasteiger partial charge on any atom is -0.483 e. The third kappa shape index (κ3) is 3.77. The second kappa shape index (κ2) is 9.41. The van der Waals surface area contributed by atoms with Gasteiger partial charge >= 0.3 is 212 Å². The SMILES string of the molecule is Cc1cc(-n2ncc3c2C=C2CCC4C5CCC(O)(C(=O)O)C5(C)CC(O)I4C2(C)C3)ccc1F.O=CO. The number of hydrogen-bond donors (Lipinski definition) is 4. The van der Waals surface area contributed by atoms with E-state index in [1.165, 1.54) is 11.6 Å². The number of carbonyl (C=O) groups is 2. The van der Waals surface area contributed by atoms with Crippen LogP contribution in [0.1, 0.15) is 62.8 Å². The Hall–Kier alpha value is -2.31. The molecule has 6 atom stereocenters. The van der Waals surface area contributed by atoms with Crippen LogP contribution in [0.5, 0.6) is 0 Å². The number of carboxylic acids is 1. The zero-order valence-electron chi connectivity index (χ0n) is 21.7. The zero-order chi connectivity index (χ0) is 27.6. The van der Waals surface area contributed by atoms with Gasteiger partial charge in [-0.2, -0.15) is 0 Å². The van der Waals surface area contributed by atoms with E-state index in [-0.39, 0.29) is 28.0 Å². The topological polar surface area (TPSA) is 133 Å². The fourth-order valence-corrected chi connectivity index (χ4v) is 18.5. The van der Waals surface area contributed by atoms with Gasteiger partial charge in [0.1, 0.15) is 0 Å². The monoisotopic (exact) mass is 640 g/mol. The summed E-state index contributed by atoms with van der Waals surface area (Å²) in [5, 5.41) is 44.2. The third-order valence-electron chi connectivity index (χ3n) is 9.48. The molecular formula is C28H34FIN2O6. The van der Waals surface area contributed by atoms with Gasteiger partial charge in [-0.1, -0.05) is 0 Å². The molecule has 4 N–H and O–H groups in total. The average molecular weight is 640 g/mol. The number of aliphatic hydroxyl groups excluding tert-OH is 1. The number of aromatic nitrogens is 2. The van der Waals surface area contributed by atoms with Crippen molar-refractivity contribution in [1.29, 1.82) is 0 Å². The largest absolute Gasteiger partial charge is 0.483 e. The smallest absolute Gasteiger partial charge is 0.290 e. The van der Waals surface area contributed by atoms with Crippen LogP contribution in [-0.2, 0) is 16.0 Å². The predicted octanol–water partition coefficient (Wildman–Crippen LogP) is 4.34. The molecule has 3 fully saturated rings. The van der Waals surface area contributed by atoms with Crippen molar-refractivity contribution in [3.8, 4) is 5.69 Å². The van der Waals surface area contributed by atoms with Crippen molar-refractivity contribution in [2.24, 2.45) is 11.3 Å². The van der Waals surface area contributed by atoms with E-state index in [0.717, 1.165) is 36.2 Å². The predicted molar refractivity (Wildman–Crippen MR) is 148 cm³/mol. The van der Waals surface area contributed by atoms with Crippen molar-refractivity contribution in [2.75, 3.05) is 0 Å². The van der Waals surface area contributed by atoms with E-state index in [1.54, 1.807) is 13.0 Å². The molecule has 1 saturated carbocycles. The Morgan fingerprint density at radius 2 is 2.00 bits per heavy atom. The summed E-state index contributed by atoms with van der Waals surface area (Å²) in [6, 6.07) is 5.05. The normalized spacial score (nSPS) is 36.0. The van der Waals surface area contributed by atoms with Crippen LogP contribution in [0.3, 0.4) is 0 Å². The molecule has 2 saturated heterocycles. The van der Waals surface area contributed by atoms with Crippen molar-refractivity contribution in [3.63, 3.8) is 0 Å². The quantitative estimate of drug-likeness (QED) is 0.218. The summed E-state index contributed by atoms with van der Waals surface area (Å²) in [6.45, 7) is 5.71. The molecule has 1 aromatic carbocycles. The molecule has 0 radical (unpaired) electrons. The van der Waals surface area contributed by atoms with Gasteiger partial charge in [-0.3, -0.25) is 4.79 Å². The minimum absolute atomic E-state index is 0.100. The van der Waals surface area contributed by atoms with Crippen molar-refractivity contribution in [2.45, 2.75) is 76.4 Å². The molecule has 6 rings (SSSR count). The maximum Gasteiger partial charge on any atom is 0.290 e. The van der Waals surface area contributed by atoms with E-state index in [1.807, 2.05) is 23.9 Å². The van der Waals surface area contributed by atoms with Crippen molar-refractivity contribution >= 4 is 38.3 Å². The first-order valence-electron chi connectivity index (χ1n) is 12.8. The first-order valence-corrected chi connectivity index (χ1v) is 16.4. The van der Waals surface area contributed by atoms with Crippen LogP contribution in [0, 0.1) is 24.1 Å². The molecule has 206 valence electrons. The third-order valence-corrected chi connectivity index (χ3v) is 18.5. The Morgan fingerprint density at radius 1 is 1.29 bits per heavy atom. The molecule has 8 nitrogen and oxygen atoms in total. The summed E-state index contributed by atoms with van der Waals surface area (Å²) in [4.78, 5) is 20.4. The number of rotatable bonds is 2. The summed E-state index contributed by atoms with van der Waals surface area (Å²) in [5.41, 5.74) is 2.42.